The van der Waals surface area contributed by atoms with Gasteiger partial charge in [0.25, 0.3) is 5.78 Å². The van der Waals surface area contributed by atoms with Gasteiger partial charge in [0.1, 0.15) is 17.4 Å². The lowest BCUT2D eigenvalue weighted by Crippen LogP contribution is -2.48. The predicted molar refractivity (Wildman–Crippen MR) is 113 cm³/mol. The topological polar surface area (TPSA) is 101 Å². The maximum atomic E-state index is 11.6. The predicted octanol–water partition coefficient (Wildman–Crippen LogP) is 2.02. The molecule has 0 bridgehead atoms. The van der Waals surface area contributed by atoms with Crippen LogP contribution in [-0.2, 0) is 4.79 Å². The van der Waals surface area contributed by atoms with E-state index in [0.717, 1.165) is 11.4 Å². The third kappa shape index (κ3) is 3.95. The second-order valence-corrected chi connectivity index (χ2v) is 7.55. The van der Waals surface area contributed by atoms with E-state index in [1.54, 1.807) is 18.5 Å². The summed E-state index contributed by atoms with van der Waals surface area (Å²) in [7, 11) is 1.59. The van der Waals surface area contributed by atoms with Crippen LogP contribution in [0.4, 0.5) is 11.6 Å². The van der Waals surface area contributed by atoms with Crippen molar-refractivity contribution in [3.63, 3.8) is 0 Å². The molecular weight excluding hydrogens is 408 g/mol. The first kappa shape index (κ1) is 20.1. The number of hydrogen-bond acceptors (Lipinski definition) is 8. The van der Waals surface area contributed by atoms with E-state index in [1.165, 1.54) is 0 Å². The van der Waals surface area contributed by atoms with Gasteiger partial charge >= 0.3 is 0 Å². The number of halogens is 1. The van der Waals surface area contributed by atoms with Crippen LogP contribution in [0.15, 0.2) is 24.3 Å². The lowest BCUT2D eigenvalue weighted by molar-refractivity contribution is -0.129. The number of aromatic nitrogens is 5. The summed E-state index contributed by atoms with van der Waals surface area (Å²) in [6.45, 7) is 6.35. The number of piperazine rings is 1. The molecule has 1 atom stereocenters. The molecule has 0 aliphatic carbocycles. The van der Waals surface area contributed by atoms with Crippen LogP contribution >= 0.6 is 11.6 Å². The summed E-state index contributed by atoms with van der Waals surface area (Å²) in [5.41, 5.74) is 0.996. The number of fused-ring (bicyclic) bond motifs is 1. The van der Waals surface area contributed by atoms with Gasteiger partial charge in [-0.05, 0) is 35.0 Å². The Labute approximate surface area is 178 Å². The van der Waals surface area contributed by atoms with Gasteiger partial charge in [0.15, 0.2) is 0 Å². The number of methoxy groups -OCH3 is 1. The van der Waals surface area contributed by atoms with Crippen LogP contribution in [-0.4, -0.2) is 69.1 Å². The Balaban J connectivity index is 1.59. The first-order chi connectivity index (χ1) is 14.5. The second kappa shape index (κ2) is 8.31. The number of carbonyl (C=O) groups excluding carboxylic acids is 1. The van der Waals surface area contributed by atoms with Crippen molar-refractivity contribution < 1.29 is 9.53 Å². The highest BCUT2D eigenvalue weighted by Crippen LogP contribution is 2.29. The van der Waals surface area contributed by atoms with E-state index in [0.29, 0.717) is 48.5 Å². The molecule has 0 unspecified atom stereocenters. The number of ether oxygens (including phenoxy) is 1. The number of anilines is 2. The number of tetrazole rings is 1. The minimum atomic E-state index is -0.0642. The highest BCUT2D eigenvalue weighted by atomic mass is 35.5. The monoisotopic (exact) mass is 430 g/mol. The quantitative estimate of drug-likeness (QED) is 0.656. The summed E-state index contributed by atoms with van der Waals surface area (Å²) in [5.74, 6) is 2.61. The van der Waals surface area contributed by atoms with Gasteiger partial charge in [-0.1, -0.05) is 22.8 Å². The van der Waals surface area contributed by atoms with Crippen molar-refractivity contribution in [2.75, 3.05) is 43.5 Å². The van der Waals surface area contributed by atoms with Crippen LogP contribution in [0.5, 0.6) is 5.75 Å². The largest absolute Gasteiger partial charge is 0.495 e. The van der Waals surface area contributed by atoms with Gasteiger partial charge < -0.3 is 19.9 Å². The van der Waals surface area contributed by atoms with Crippen LogP contribution < -0.4 is 15.0 Å². The molecule has 10 nitrogen and oxygen atoms in total. The summed E-state index contributed by atoms with van der Waals surface area (Å²) in [4.78, 5) is 20.1. The Kier molecular flexibility index (Phi) is 5.58. The van der Waals surface area contributed by atoms with E-state index in [4.69, 9.17) is 16.3 Å². The molecule has 1 N–H and O–H groups in total. The van der Waals surface area contributed by atoms with Gasteiger partial charge in [-0.15, -0.1) is 0 Å². The van der Waals surface area contributed by atoms with E-state index >= 15 is 0 Å². The zero-order valence-corrected chi connectivity index (χ0v) is 17.8. The molecular formula is C19H23ClN8O2. The van der Waals surface area contributed by atoms with Crippen LogP contribution in [0.25, 0.3) is 5.78 Å². The van der Waals surface area contributed by atoms with Crippen molar-refractivity contribution >= 4 is 34.9 Å². The van der Waals surface area contributed by atoms with Gasteiger partial charge in [-0.2, -0.15) is 9.50 Å². The molecule has 1 aromatic carbocycles. The van der Waals surface area contributed by atoms with E-state index < -0.39 is 0 Å². The maximum Gasteiger partial charge on any atom is 0.277 e. The Morgan fingerprint density at radius 2 is 2.00 bits per heavy atom. The number of amides is 1. The molecule has 0 saturated carbocycles. The van der Waals surface area contributed by atoms with Gasteiger partial charge in [0.2, 0.25) is 5.91 Å². The maximum absolute atomic E-state index is 11.6. The summed E-state index contributed by atoms with van der Waals surface area (Å²) in [5, 5.41) is 15.8. The van der Waals surface area contributed by atoms with Crippen molar-refractivity contribution in [3.05, 3.63) is 34.9 Å². The number of carbonyl (C=O) groups is 1. The van der Waals surface area contributed by atoms with Gasteiger partial charge in [0.05, 0.1) is 18.2 Å². The molecule has 11 heteroatoms. The van der Waals surface area contributed by atoms with Gasteiger partial charge in [-0.25, -0.2) is 0 Å². The molecule has 1 aliphatic heterocycles. The Morgan fingerprint density at radius 3 is 2.67 bits per heavy atom. The van der Waals surface area contributed by atoms with Gasteiger partial charge in [-0.3, -0.25) is 4.79 Å². The zero-order valence-electron chi connectivity index (χ0n) is 17.0. The number of benzene rings is 1. The summed E-state index contributed by atoms with van der Waals surface area (Å²) in [6, 6.07) is 7.54. The molecule has 2 aromatic heterocycles. The SMILES string of the molecule is COc1ccc([C@@H](C)Nc2cc(N3CCN(C(C)=O)CC3)nc3nnnn23)cc1Cl. The van der Waals surface area contributed by atoms with E-state index in [2.05, 4.69) is 30.7 Å². The lowest BCUT2D eigenvalue weighted by atomic mass is 10.1. The highest BCUT2D eigenvalue weighted by molar-refractivity contribution is 6.32. The van der Waals surface area contributed by atoms with E-state index in [1.807, 2.05) is 36.1 Å². The Morgan fingerprint density at radius 1 is 1.23 bits per heavy atom. The lowest BCUT2D eigenvalue weighted by Gasteiger charge is -2.35. The normalized spacial score (nSPS) is 15.3. The standard InChI is InChI=1S/C19H23ClN8O2/c1-12(14-4-5-16(30-3)15(20)10-14)21-18-11-17(22-19-23-24-25-28(18)19)27-8-6-26(7-9-27)13(2)29/h4-5,10-12,21H,6-9H2,1-3H3/t12-/m1/s1. The van der Waals surface area contributed by atoms with Crippen LogP contribution in [0.2, 0.25) is 5.02 Å². The van der Waals surface area contributed by atoms with Crippen LogP contribution in [0.1, 0.15) is 25.5 Å². The minimum absolute atomic E-state index is 0.0642. The summed E-state index contributed by atoms with van der Waals surface area (Å²) in [6.07, 6.45) is 0. The average Bonchev–Trinajstić information content (AvgIpc) is 3.22. The number of nitrogens with zero attached hydrogens (tertiary/aromatic N) is 7. The highest BCUT2D eigenvalue weighted by Gasteiger charge is 2.22. The minimum Gasteiger partial charge on any atom is -0.495 e. The molecule has 30 heavy (non-hydrogen) atoms. The van der Waals surface area contributed by atoms with Crippen molar-refractivity contribution in [1.29, 1.82) is 0 Å². The van der Waals surface area contributed by atoms with Crippen molar-refractivity contribution in [2.45, 2.75) is 19.9 Å². The molecule has 1 saturated heterocycles. The Bertz CT molecular complexity index is 1060. The van der Waals surface area contributed by atoms with E-state index in [9.17, 15) is 4.79 Å². The molecule has 3 heterocycles. The van der Waals surface area contributed by atoms with Crippen molar-refractivity contribution in [3.8, 4) is 5.75 Å². The van der Waals surface area contributed by atoms with Gasteiger partial charge in [0, 0.05) is 39.2 Å². The third-order valence-corrected chi connectivity index (χ3v) is 5.55. The fraction of sp³-hybridized carbons (Fsp3) is 0.421. The first-order valence-corrected chi connectivity index (χ1v) is 10.0. The molecule has 1 amide bonds. The van der Waals surface area contributed by atoms with Crippen LogP contribution in [0, 0.1) is 0 Å². The van der Waals surface area contributed by atoms with Crippen LogP contribution in [0.3, 0.4) is 0 Å². The molecule has 0 spiro atoms. The number of hydrogen-bond donors (Lipinski definition) is 1. The fourth-order valence-corrected chi connectivity index (χ4v) is 3.76. The molecule has 1 fully saturated rings. The fourth-order valence-electron chi connectivity index (χ4n) is 3.50. The second-order valence-electron chi connectivity index (χ2n) is 7.14. The van der Waals surface area contributed by atoms with E-state index in [-0.39, 0.29) is 11.9 Å². The Hall–Kier alpha value is -3.14. The number of rotatable bonds is 5. The average molecular weight is 431 g/mol. The molecule has 4 rings (SSSR count). The summed E-state index contributed by atoms with van der Waals surface area (Å²) < 4.78 is 6.80. The molecule has 0 radical (unpaired) electrons. The smallest absolute Gasteiger partial charge is 0.277 e. The number of nitrogens with one attached hydrogen (secondary N) is 1. The molecule has 158 valence electrons. The summed E-state index contributed by atoms with van der Waals surface area (Å²) >= 11 is 6.28. The first-order valence-electron chi connectivity index (χ1n) is 9.66. The third-order valence-electron chi connectivity index (χ3n) is 5.25. The molecule has 1 aliphatic rings. The van der Waals surface area contributed by atoms with Crippen molar-refractivity contribution in [1.82, 2.24) is 29.9 Å². The van der Waals surface area contributed by atoms with Crippen molar-refractivity contribution in [2.24, 2.45) is 0 Å². The zero-order chi connectivity index (χ0) is 21.3. The molecule has 3 aromatic rings.